The monoisotopic (exact) mass is 540 g/mol. The largest absolute Gasteiger partial charge is 0.217 e. The smallest absolute Gasteiger partial charge is 0.205 e. The van der Waals surface area contributed by atoms with Gasteiger partial charge in [0.25, 0.3) is 0 Å². The number of quaternary nitrogens is 1. The van der Waals surface area contributed by atoms with E-state index < -0.39 is 0 Å². The van der Waals surface area contributed by atoms with Crippen molar-refractivity contribution >= 4 is 38.6 Å². The van der Waals surface area contributed by atoms with Gasteiger partial charge in [0.2, 0.25) is 11.4 Å². The molecule has 2 aliphatic rings. The third-order valence-electron chi connectivity index (χ3n) is 9.65. The Kier molecular flexibility index (Phi) is 5.77. The molecule has 42 heavy (non-hydrogen) atoms. The highest BCUT2D eigenvalue weighted by molar-refractivity contribution is 6.21. The first-order valence-corrected chi connectivity index (χ1v) is 15.2. The normalized spacial score (nSPS) is 18.3. The highest BCUT2D eigenvalue weighted by Crippen LogP contribution is 2.61. The summed E-state index contributed by atoms with van der Waals surface area (Å²) in [4.78, 5) is 0. The van der Waals surface area contributed by atoms with Crippen molar-refractivity contribution in [3.05, 3.63) is 151 Å². The van der Waals surface area contributed by atoms with Crippen LogP contribution in [0.4, 0.5) is 17.1 Å². The van der Waals surface area contributed by atoms with E-state index in [0.717, 1.165) is 11.0 Å². The molecule has 0 amide bonds. The first-order chi connectivity index (χ1) is 20.7. The maximum atomic E-state index is 2.34. The van der Waals surface area contributed by atoms with Crippen molar-refractivity contribution in [2.45, 2.75) is 19.8 Å². The number of hydrogen-bond donors (Lipinski definition) is 0. The van der Waals surface area contributed by atoms with E-state index in [9.17, 15) is 0 Å². The number of para-hydroxylation sites is 2. The Morgan fingerprint density at radius 3 is 1.45 bits per heavy atom. The quantitative estimate of drug-likeness (QED) is 0.116. The molecule has 202 valence electrons. The summed E-state index contributed by atoms with van der Waals surface area (Å²) < 4.78 is 0.870. The van der Waals surface area contributed by atoms with Crippen LogP contribution in [0.5, 0.6) is 0 Å². The molecule has 2 atom stereocenters. The molecule has 0 saturated heterocycles. The van der Waals surface area contributed by atoms with E-state index in [4.69, 9.17) is 0 Å². The van der Waals surface area contributed by atoms with Gasteiger partial charge in [0.1, 0.15) is 5.69 Å². The summed E-state index contributed by atoms with van der Waals surface area (Å²) >= 11 is 0. The van der Waals surface area contributed by atoms with Crippen LogP contribution >= 0.6 is 0 Å². The van der Waals surface area contributed by atoms with Crippen LogP contribution in [-0.2, 0) is 0 Å². The highest BCUT2D eigenvalue weighted by atomic mass is 15.5. The molecule has 8 rings (SSSR count). The summed E-state index contributed by atoms with van der Waals surface area (Å²) in [5.74, 6) is 0.935. The molecule has 1 heteroatoms. The number of allylic oxidation sites excluding steroid dienone is 4. The van der Waals surface area contributed by atoms with Gasteiger partial charge in [-0.15, -0.1) is 0 Å². The molecule has 0 bridgehead atoms. The first-order valence-electron chi connectivity index (χ1n) is 15.2. The summed E-state index contributed by atoms with van der Waals surface area (Å²) in [6.07, 6.45) is 8.97. The van der Waals surface area contributed by atoms with Gasteiger partial charge in [0.05, 0.1) is 6.54 Å². The van der Waals surface area contributed by atoms with E-state index in [2.05, 4.69) is 159 Å². The van der Waals surface area contributed by atoms with Crippen molar-refractivity contribution < 1.29 is 0 Å². The number of rotatable bonds is 5. The summed E-state index contributed by atoms with van der Waals surface area (Å²) in [6.45, 7) is 5.61. The molecule has 6 aromatic carbocycles. The van der Waals surface area contributed by atoms with Crippen LogP contribution < -0.4 is 4.48 Å². The first kappa shape index (κ1) is 25.0. The Bertz CT molecular complexity index is 1950. The third kappa shape index (κ3) is 3.67. The van der Waals surface area contributed by atoms with E-state index in [-0.39, 0.29) is 0 Å². The predicted octanol–water partition coefficient (Wildman–Crippen LogP) is 11.5. The van der Waals surface area contributed by atoms with Gasteiger partial charge in [-0.2, -0.15) is 0 Å². The van der Waals surface area contributed by atoms with Crippen LogP contribution in [-0.4, -0.2) is 6.54 Å². The molecule has 0 spiro atoms. The summed E-state index contributed by atoms with van der Waals surface area (Å²) in [5.41, 5.74) is 10.7. The average Bonchev–Trinajstić information content (AvgIpc) is 3.73. The molecule has 0 radical (unpaired) electrons. The van der Waals surface area contributed by atoms with Gasteiger partial charge in [-0.3, -0.25) is 0 Å². The summed E-state index contributed by atoms with van der Waals surface area (Å²) in [6, 6.07) is 45.4. The molecule has 2 unspecified atom stereocenters. The molecule has 1 aliphatic heterocycles. The average molecular weight is 541 g/mol. The van der Waals surface area contributed by atoms with Crippen LogP contribution in [0.15, 0.2) is 146 Å². The lowest BCUT2D eigenvalue weighted by Gasteiger charge is -2.22. The molecule has 0 aromatic heterocycles. The predicted molar refractivity (Wildman–Crippen MR) is 181 cm³/mol. The van der Waals surface area contributed by atoms with Crippen LogP contribution in [0.1, 0.15) is 25.3 Å². The fraction of sp³-hybridized carbons (Fsp3) is 0.122. The van der Waals surface area contributed by atoms with Gasteiger partial charge in [-0.1, -0.05) is 116 Å². The van der Waals surface area contributed by atoms with Gasteiger partial charge in [-0.25, -0.2) is 4.48 Å². The van der Waals surface area contributed by atoms with E-state index in [1.165, 1.54) is 66.4 Å². The van der Waals surface area contributed by atoms with Crippen molar-refractivity contribution in [3.63, 3.8) is 0 Å². The maximum absolute atomic E-state index is 2.34. The van der Waals surface area contributed by atoms with Crippen molar-refractivity contribution in [2.75, 3.05) is 6.54 Å². The molecule has 1 nitrogen and oxygen atoms in total. The fourth-order valence-corrected chi connectivity index (χ4v) is 7.48. The Morgan fingerprint density at radius 1 is 0.524 bits per heavy atom. The molecule has 0 fully saturated rings. The van der Waals surface area contributed by atoms with Gasteiger partial charge < -0.3 is 0 Å². The molecule has 1 aliphatic carbocycles. The lowest BCUT2D eigenvalue weighted by Crippen LogP contribution is -2.23. The Morgan fingerprint density at radius 2 is 0.976 bits per heavy atom. The van der Waals surface area contributed by atoms with Crippen LogP contribution in [0.3, 0.4) is 0 Å². The summed E-state index contributed by atoms with van der Waals surface area (Å²) in [5, 5.41) is 5.19. The Hall–Kier alpha value is -4.72. The zero-order valence-corrected chi connectivity index (χ0v) is 24.2. The van der Waals surface area contributed by atoms with Crippen LogP contribution in [0.25, 0.3) is 43.8 Å². The number of benzene rings is 6. The minimum atomic E-state index is 0.428. The maximum Gasteiger partial charge on any atom is 0.205 e. The standard InChI is InChI=1S/C41H34N/c1-3-42(38-18-10-11-19-39(38)42)32-26-24-31(25-27-32)41-36-16-8-6-14-34(36)40(35-15-7-9-17-37(35)41)30-22-20-29(21-23-30)33-13-5-4-12-28(33)2/h4-28,33H,3H2,1-2H3/q+1. The Labute approximate surface area is 248 Å². The van der Waals surface area contributed by atoms with E-state index >= 15 is 0 Å². The van der Waals surface area contributed by atoms with Gasteiger partial charge >= 0.3 is 0 Å². The minimum absolute atomic E-state index is 0.428. The number of fused-ring (bicyclic) bond motifs is 3. The number of nitrogens with zero attached hydrogens (tertiary/aromatic N) is 1. The van der Waals surface area contributed by atoms with Crippen molar-refractivity contribution in [1.82, 2.24) is 4.48 Å². The highest BCUT2D eigenvalue weighted by Gasteiger charge is 2.53. The Balaban J connectivity index is 1.27. The van der Waals surface area contributed by atoms with Crippen LogP contribution in [0.2, 0.25) is 0 Å². The topological polar surface area (TPSA) is 0 Å². The third-order valence-corrected chi connectivity index (χ3v) is 9.65. The van der Waals surface area contributed by atoms with Gasteiger partial charge in [0.15, 0.2) is 0 Å². The summed E-state index contributed by atoms with van der Waals surface area (Å²) in [7, 11) is 0. The lowest BCUT2D eigenvalue weighted by molar-refractivity contribution is 0.635. The molecule has 0 N–H and O–H groups in total. The zero-order valence-electron chi connectivity index (χ0n) is 24.2. The zero-order chi connectivity index (χ0) is 28.3. The van der Waals surface area contributed by atoms with Gasteiger partial charge in [0, 0.05) is 30.2 Å². The minimum Gasteiger partial charge on any atom is -0.217 e. The molecule has 0 saturated carbocycles. The second-order valence-corrected chi connectivity index (χ2v) is 11.8. The second kappa shape index (κ2) is 9.69. The van der Waals surface area contributed by atoms with Crippen molar-refractivity contribution in [2.24, 2.45) is 5.92 Å². The molecule has 1 heterocycles. The number of hydrogen-bond acceptors (Lipinski definition) is 0. The van der Waals surface area contributed by atoms with E-state index in [1.54, 1.807) is 0 Å². The van der Waals surface area contributed by atoms with Gasteiger partial charge in [-0.05, 0) is 74.3 Å². The molecule has 6 aromatic rings. The van der Waals surface area contributed by atoms with Crippen molar-refractivity contribution in [1.29, 1.82) is 0 Å². The van der Waals surface area contributed by atoms with E-state index in [0.29, 0.717) is 11.8 Å². The molecular formula is C41H34N+. The molecular weight excluding hydrogens is 506 g/mol. The second-order valence-electron chi connectivity index (χ2n) is 11.8. The van der Waals surface area contributed by atoms with Crippen LogP contribution in [0, 0.1) is 5.92 Å². The fourth-order valence-electron chi connectivity index (χ4n) is 7.48. The SMILES string of the molecule is CC[N+]1(c2ccc(-c3c4ccccc4c(-c4ccc(C5C=CC=CC5C)cc4)c4ccccc34)cc2)c2ccccc21. The lowest BCUT2D eigenvalue weighted by atomic mass is 9.82. The van der Waals surface area contributed by atoms with Crippen molar-refractivity contribution in [3.8, 4) is 22.3 Å². The van der Waals surface area contributed by atoms with E-state index in [1.807, 2.05) is 0 Å².